The summed E-state index contributed by atoms with van der Waals surface area (Å²) < 4.78 is 5.23. The van der Waals surface area contributed by atoms with Crippen LogP contribution in [-0.4, -0.2) is 22.6 Å². The zero-order chi connectivity index (χ0) is 14.8. The first-order valence-electron chi connectivity index (χ1n) is 7.11. The first kappa shape index (κ1) is 16.0. The van der Waals surface area contributed by atoms with E-state index in [1.165, 1.54) is 6.92 Å². The average molecular weight is 270 g/mol. The molecule has 0 saturated heterocycles. The van der Waals surface area contributed by atoms with Gasteiger partial charge in [0.2, 0.25) is 5.60 Å². The van der Waals surface area contributed by atoms with Crippen LogP contribution in [0.2, 0.25) is 0 Å². The molecule has 1 aliphatic rings. The van der Waals surface area contributed by atoms with Crippen LogP contribution in [0, 0.1) is 23.7 Å². The molecule has 0 spiro atoms. The molecular formula is C15H26O4. The zero-order valence-electron chi connectivity index (χ0n) is 12.6. The van der Waals surface area contributed by atoms with Gasteiger partial charge in [0.05, 0.1) is 0 Å². The van der Waals surface area contributed by atoms with Crippen molar-refractivity contribution in [3.05, 3.63) is 0 Å². The molecule has 0 bridgehead atoms. The van der Waals surface area contributed by atoms with Gasteiger partial charge in [-0.25, -0.2) is 4.79 Å². The molecule has 4 heteroatoms. The van der Waals surface area contributed by atoms with Gasteiger partial charge in [0, 0.05) is 12.8 Å². The SMILES string of the molecule is CC(=O)OC(C)(C(=O)O)[C@H]1C[C@H](C)CC[C@H]1C(C)C. The van der Waals surface area contributed by atoms with E-state index in [-0.39, 0.29) is 11.8 Å². The Balaban J connectivity index is 3.08. The minimum Gasteiger partial charge on any atom is -0.478 e. The van der Waals surface area contributed by atoms with Crippen molar-refractivity contribution in [2.45, 2.75) is 59.5 Å². The lowest BCUT2D eigenvalue weighted by Gasteiger charge is -2.44. The Morgan fingerprint density at radius 1 is 1.32 bits per heavy atom. The monoisotopic (exact) mass is 270 g/mol. The molecule has 1 saturated carbocycles. The van der Waals surface area contributed by atoms with Crippen LogP contribution < -0.4 is 0 Å². The number of carboxylic acids is 1. The zero-order valence-corrected chi connectivity index (χ0v) is 12.6. The fourth-order valence-corrected chi connectivity index (χ4v) is 3.41. The predicted octanol–water partition coefficient (Wildman–Crippen LogP) is 3.10. The van der Waals surface area contributed by atoms with E-state index in [2.05, 4.69) is 20.8 Å². The normalized spacial score (nSPS) is 30.7. The highest BCUT2D eigenvalue weighted by Gasteiger charge is 2.50. The maximum Gasteiger partial charge on any atom is 0.348 e. The molecule has 0 radical (unpaired) electrons. The molecule has 1 N–H and O–H groups in total. The lowest BCUT2D eigenvalue weighted by Crippen LogP contribution is -2.52. The van der Waals surface area contributed by atoms with Crippen molar-refractivity contribution in [2.75, 3.05) is 0 Å². The largest absolute Gasteiger partial charge is 0.478 e. The number of carboxylic acid groups (broad SMARTS) is 1. The van der Waals surface area contributed by atoms with Crippen molar-refractivity contribution in [1.29, 1.82) is 0 Å². The van der Waals surface area contributed by atoms with Crippen LogP contribution in [0.3, 0.4) is 0 Å². The second-order valence-corrected chi connectivity index (χ2v) is 6.44. The smallest absolute Gasteiger partial charge is 0.348 e. The summed E-state index contributed by atoms with van der Waals surface area (Å²) in [6, 6.07) is 0. The molecule has 0 aliphatic heterocycles. The lowest BCUT2D eigenvalue weighted by atomic mass is 9.64. The van der Waals surface area contributed by atoms with Gasteiger partial charge in [-0.3, -0.25) is 4.79 Å². The highest BCUT2D eigenvalue weighted by molar-refractivity contribution is 5.81. The molecule has 0 aromatic heterocycles. The molecule has 1 unspecified atom stereocenters. The van der Waals surface area contributed by atoms with Gasteiger partial charge in [-0.2, -0.15) is 0 Å². The van der Waals surface area contributed by atoms with Crippen molar-refractivity contribution in [1.82, 2.24) is 0 Å². The summed E-state index contributed by atoms with van der Waals surface area (Å²) >= 11 is 0. The number of esters is 1. The van der Waals surface area contributed by atoms with Crippen LogP contribution in [0.4, 0.5) is 0 Å². The summed E-state index contributed by atoms with van der Waals surface area (Å²) in [6.07, 6.45) is 2.93. The van der Waals surface area contributed by atoms with Crippen LogP contribution in [-0.2, 0) is 14.3 Å². The second-order valence-electron chi connectivity index (χ2n) is 6.44. The predicted molar refractivity (Wildman–Crippen MR) is 72.6 cm³/mol. The van der Waals surface area contributed by atoms with Crippen LogP contribution in [0.1, 0.15) is 53.9 Å². The molecule has 1 aliphatic carbocycles. The highest BCUT2D eigenvalue weighted by Crippen LogP contribution is 2.44. The lowest BCUT2D eigenvalue weighted by molar-refractivity contribution is -0.188. The van der Waals surface area contributed by atoms with E-state index >= 15 is 0 Å². The van der Waals surface area contributed by atoms with E-state index in [9.17, 15) is 14.7 Å². The fraction of sp³-hybridized carbons (Fsp3) is 0.867. The quantitative estimate of drug-likeness (QED) is 0.797. The van der Waals surface area contributed by atoms with Crippen molar-refractivity contribution in [3.8, 4) is 0 Å². The molecule has 110 valence electrons. The Morgan fingerprint density at radius 2 is 1.89 bits per heavy atom. The van der Waals surface area contributed by atoms with Gasteiger partial charge in [0.15, 0.2) is 0 Å². The van der Waals surface area contributed by atoms with Gasteiger partial charge in [-0.15, -0.1) is 0 Å². The number of hydrogen-bond donors (Lipinski definition) is 1. The number of hydrogen-bond acceptors (Lipinski definition) is 3. The van der Waals surface area contributed by atoms with Crippen molar-refractivity contribution >= 4 is 11.9 Å². The van der Waals surface area contributed by atoms with Crippen LogP contribution in [0.5, 0.6) is 0 Å². The highest BCUT2D eigenvalue weighted by atomic mass is 16.6. The Bertz CT molecular complexity index is 350. The van der Waals surface area contributed by atoms with Crippen LogP contribution in [0.15, 0.2) is 0 Å². The van der Waals surface area contributed by atoms with Gasteiger partial charge < -0.3 is 9.84 Å². The van der Waals surface area contributed by atoms with E-state index in [0.29, 0.717) is 11.8 Å². The average Bonchev–Trinajstić information content (AvgIpc) is 2.27. The Hall–Kier alpha value is -1.06. The third-order valence-electron chi connectivity index (χ3n) is 4.51. The third-order valence-corrected chi connectivity index (χ3v) is 4.51. The number of carbonyl (C=O) groups is 2. The molecular weight excluding hydrogens is 244 g/mol. The summed E-state index contributed by atoms with van der Waals surface area (Å²) in [5.41, 5.74) is -1.41. The molecule has 1 rings (SSSR count). The minimum atomic E-state index is -1.41. The Morgan fingerprint density at radius 3 is 2.32 bits per heavy atom. The summed E-state index contributed by atoms with van der Waals surface area (Å²) in [5, 5.41) is 9.54. The third kappa shape index (κ3) is 3.48. The van der Waals surface area contributed by atoms with Crippen LogP contribution >= 0.6 is 0 Å². The molecule has 0 aromatic carbocycles. The first-order valence-corrected chi connectivity index (χ1v) is 7.11. The van der Waals surface area contributed by atoms with E-state index in [4.69, 9.17) is 4.74 Å². The summed E-state index contributed by atoms with van der Waals surface area (Å²) in [4.78, 5) is 22.9. The number of rotatable bonds is 4. The molecule has 0 amide bonds. The van der Waals surface area contributed by atoms with E-state index in [0.717, 1.165) is 19.3 Å². The fourth-order valence-electron chi connectivity index (χ4n) is 3.41. The topological polar surface area (TPSA) is 63.6 Å². The van der Waals surface area contributed by atoms with E-state index in [1.807, 2.05) is 0 Å². The molecule has 0 aromatic rings. The number of aliphatic carboxylic acids is 1. The van der Waals surface area contributed by atoms with Crippen molar-refractivity contribution < 1.29 is 19.4 Å². The van der Waals surface area contributed by atoms with Gasteiger partial charge >= 0.3 is 11.9 Å². The number of ether oxygens (including phenoxy) is 1. The molecule has 1 fully saturated rings. The standard InChI is InChI=1S/C15H26O4/c1-9(2)12-7-6-10(3)8-13(12)15(5,14(17)18)19-11(4)16/h9-10,12-13H,6-8H2,1-5H3,(H,17,18)/t10-,12+,13+,15?/m1/s1. The maximum atomic E-state index is 11.7. The maximum absolute atomic E-state index is 11.7. The Labute approximate surface area is 115 Å². The molecule has 4 nitrogen and oxygen atoms in total. The van der Waals surface area contributed by atoms with Gasteiger partial charge in [0.25, 0.3) is 0 Å². The Kier molecular flexibility index (Phi) is 4.99. The van der Waals surface area contributed by atoms with E-state index in [1.54, 1.807) is 6.92 Å². The van der Waals surface area contributed by atoms with Crippen LogP contribution in [0.25, 0.3) is 0 Å². The van der Waals surface area contributed by atoms with E-state index < -0.39 is 17.5 Å². The molecule has 4 atom stereocenters. The molecule has 19 heavy (non-hydrogen) atoms. The summed E-state index contributed by atoms with van der Waals surface area (Å²) in [5.74, 6) is -0.506. The summed E-state index contributed by atoms with van der Waals surface area (Å²) in [6.45, 7) is 9.19. The van der Waals surface area contributed by atoms with Gasteiger partial charge in [-0.1, -0.05) is 27.2 Å². The molecule has 0 heterocycles. The van der Waals surface area contributed by atoms with Gasteiger partial charge in [-0.05, 0) is 37.5 Å². The van der Waals surface area contributed by atoms with Crippen molar-refractivity contribution in [3.63, 3.8) is 0 Å². The van der Waals surface area contributed by atoms with Gasteiger partial charge in [0.1, 0.15) is 0 Å². The van der Waals surface area contributed by atoms with Crippen molar-refractivity contribution in [2.24, 2.45) is 23.7 Å². The number of carbonyl (C=O) groups excluding carboxylic acids is 1. The minimum absolute atomic E-state index is 0.113. The summed E-state index contributed by atoms with van der Waals surface area (Å²) in [7, 11) is 0. The first-order chi connectivity index (χ1) is 8.68. The second kappa shape index (κ2) is 5.93.